The maximum Gasteiger partial charge on any atom is 0.195 e. The Morgan fingerprint density at radius 2 is 1.41 bits per heavy atom. The second-order valence-corrected chi connectivity index (χ2v) is 7.51. The third-order valence-corrected chi connectivity index (χ3v) is 6.03. The fourth-order valence-electron chi connectivity index (χ4n) is 3.28. The van der Waals surface area contributed by atoms with E-state index >= 15 is 0 Å². The van der Waals surface area contributed by atoms with Crippen LogP contribution in [0.3, 0.4) is 0 Å². The van der Waals surface area contributed by atoms with Gasteiger partial charge in [0.2, 0.25) is 0 Å². The molecule has 5 heteroatoms. The maximum absolute atomic E-state index is 13.6. The first-order valence-corrected chi connectivity index (χ1v) is 9.90. The highest BCUT2D eigenvalue weighted by molar-refractivity contribution is 7.22. The topological polar surface area (TPSA) is 44.8 Å². The van der Waals surface area contributed by atoms with Crippen molar-refractivity contribution in [3.63, 3.8) is 0 Å². The molecule has 4 rings (SSSR count). The van der Waals surface area contributed by atoms with Crippen LogP contribution in [-0.2, 0) is 0 Å². The minimum atomic E-state index is -0.0470. The number of methoxy groups -OCH3 is 3. The van der Waals surface area contributed by atoms with Crippen LogP contribution >= 0.6 is 11.3 Å². The number of fused-ring (bicyclic) bond motifs is 1. The van der Waals surface area contributed by atoms with Crippen molar-refractivity contribution in [2.75, 3.05) is 21.3 Å². The van der Waals surface area contributed by atoms with E-state index < -0.39 is 0 Å². The number of ketones is 1. The van der Waals surface area contributed by atoms with Gasteiger partial charge in [0.15, 0.2) is 5.78 Å². The average Bonchev–Trinajstić information content (AvgIpc) is 3.17. The third kappa shape index (κ3) is 3.57. The second kappa shape index (κ2) is 7.97. The minimum absolute atomic E-state index is 0.0470. The summed E-state index contributed by atoms with van der Waals surface area (Å²) in [5.74, 6) is 2.10. The molecule has 0 aliphatic heterocycles. The number of hydrogen-bond acceptors (Lipinski definition) is 5. The molecule has 0 unspecified atom stereocenters. The molecule has 0 amide bonds. The molecule has 1 heterocycles. The van der Waals surface area contributed by atoms with Crippen LogP contribution in [0.5, 0.6) is 17.2 Å². The van der Waals surface area contributed by atoms with E-state index in [1.807, 2.05) is 60.7 Å². The normalized spacial score (nSPS) is 10.7. The number of carbonyl (C=O) groups is 1. The van der Waals surface area contributed by atoms with Gasteiger partial charge in [0, 0.05) is 26.1 Å². The molecule has 0 saturated heterocycles. The van der Waals surface area contributed by atoms with Gasteiger partial charge < -0.3 is 14.2 Å². The number of hydrogen-bond donors (Lipinski definition) is 0. The van der Waals surface area contributed by atoms with Gasteiger partial charge in [-0.25, -0.2) is 0 Å². The first kappa shape index (κ1) is 19.0. The van der Waals surface area contributed by atoms with Crippen LogP contribution in [0, 0.1) is 0 Å². The predicted octanol–water partition coefficient (Wildman–Crippen LogP) is 5.83. The van der Waals surface area contributed by atoms with Gasteiger partial charge in [0.05, 0.1) is 21.3 Å². The molecule has 4 nitrogen and oxygen atoms in total. The molecule has 3 aromatic carbocycles. The summed E-state index contributed by atoms with van der Waals surface area (Å²) in [6.45, 7) is 0. The number of thiophene rings is 1. The summed E-state index contributed by atoms with van der Waals surface area (Å²) >= 11 is 1.59. The summed E-state index contributed by atoms with van der Waals surface area (Å²) in [6, 6.07) is 20.8. The number of rotatable bonds is 6. The zero-order chi connectivity index (χ0) is 20.4. The summed E-state index contributed by atoms with van der Waals surface area (Å²) < 4.78 is 17.0. The molecule has 0 bridgehead atoms. The van der Waals surface area contributed by atoms with Crippen LogP contribution in [0.15, 0.2) is 66.7 Å². The van der Waals surface area contributed by atoms with Crippen LogP contribution in [0.1, 0.15) is 15.9 Å². The first-order chi connectivity index (χ1) is 14.1. The Kier molecular flexibility index (Phi) is 5.23. The standard InChI is InChI=1S/C24H20O4S/c1-26-17-9-7-15(8-10-17)24-22(20-14-19(28-3)11-12-21(20)29-24)23(25)16-5-4-6-18(13-16)27-2/h4-14H,1-3H3. The van der Waals surface area contributed by atoms with Gasteiger partial charge in [-0.05, 0) is 60.2 Å². The molecule has 0 aliphatic rings. The summed E-state index contributed by atoms with van der Waals surface area (Å²) in [5, 5.41) is 0.882. The zero-order valence-electron chi connectivity index (χ0n) is 16.4. The molecule has 0 spiro atoms. The lowest BCUT2D eigenvalue weighted by molar-refractivity contribution is 0.104. The minimum Gasteiger partial charge on any atom is -0.497 e. The van der Waals surface area contributed by atoms with E-state index in [9.17, 15) is 4.79 Å². The van der Waals surface area contributed by atoms with Gasteiger partial charge in [-0.3, -0.25) is 4.79 Å². The molecule has 4 aromatic rings. The molecule has 0 radical (unpaired) electrons. The van der Waals surface area contributed by atoms with E-state index in [1.165, 1.54) is 0 Å². The lowest BCUT2D eigenvalue weighted by atomic mass is 9.97. The van der Waals surface area contributed by atoms with Crippen LogP contribution < -0.4 is 14.2 Å². The highest BCUT2D eigenvalue weighted by Gasteiger charge is 2.22. The molecule has 1 aromatic heterocycles. The average molecular weight is 404 g/mol. The van der Waals surface area contributed by atoms with Crippen molar-refractivity contribution in [2.24, 2.45) is 0 Å². The summed E-state index contributed by atoms with van der Waals surface area (Å²) in [4.78, 5) is 14.5. The predicted molar refractivity (Wildman–Crippen MR) is 117 cm³/mol. The van der Waals surface area contributed by atoms with Gasteiger partial charge in [-0.2, -0.15) is 0 Å². The van der Waals surface area contributed by atoms with Gasteiger partial charge in [0.25, 0.3) is 0 Å². The second-order valence-electron chi connectivity index (χ2n) is 6.46. The van der Waals surface area contributed by atoms with Gasteiger partial charge in [0.1, 0.15) is 17.2 Å². The van der Waals surface area contributed by atoms with Gasteiger partial charge >= 0.3 is 0 Å². The molecule has 0 saturated carbocycles. The summed E-state index contributed by atoms with van der Waals surface area (Å²) in [7, 11) is 4.86. The quantitative estimate of drug-likeness (QED) is 0.380. The molecular weight excluding hydrogens is 384 g/mol. The molecule has 0 N–H and O–H groups in total. The largest absolute Gasteiger partial charge is 0.497 e. The Labute approximate surface area is 173 Å². The van der Waals surface area contributed by atoms with E-state index in [-0.39, 0.29) is 5.78 Å². The summed E-state index contributed by atoms with van der Waals surface area (Å²) in [6.07, 6.45) is 0. The zero-order valence-corrected chi connectivity index (χ0v) is 17.2. The van der Waals surface area contributed by atoms with E-state index in [2.05, 4.69) is 0 Å². The lowest BCUT2D eigenvalue weighted by Gasteiger charge is -2.08. The first-order valence-electron chi connectivity index (χ1n) is 9.08. The van der Waals surface area contributed by atoms with Crippen LogP contribution in [0.25, 0.3) is 20.5 Å². The number of benzene rings is 3. The SMILES string of the molecule is COc1ccc(-c2sc3ccc(OC)cc3c2C(=O)c2cccc(OC)c2)cc1. The highest BCUT2D eigenvalue weighted by atomic mass is 32.1. The van der Waals surface area contributed by atoms with Gasteiger partial charge in [-0.15, -0.1) is 11.3 Å². The van der Waals surface area contributed by atoms with E-state index in [1.54, 1.807) is 38.7 Å². The fourth-order valence-corrected chi connectivity index (χ4v) is 4.47. The highest BCUT2D eigenvalue weighted by Crippen LogP contribution is 2.41. The Balaban J connectivity index is 1.94. The van der Waals surface area contributed by atoms with Crippen molar-refractivity contribution < 1.29 is 19.0 Å². The lowest BCUT2D eigenvalue weighted by Crippen LogP contribution is -2.02. The smallest absolute Gasteiger partial charge is 0.195 e. The van der Waals surface area contributed by atoms with Crippen molar-refractivity contribution in [3.05, 3.63) is 77.9 Å². The van der Waals surface area contributed by atoms with Crippen LogP contribution in [-0.4, -0.2) is 27.1 Å². The Bertz CT molecular complexity index is 1180. The monoisotopic (exact) mass is 404 g/mol. The van der Waals surface area contributed by atoms with Crippen molar-refractivity contribution in [2.45, 2.75) is 0 Å². The number of carbonyl (C=O) groups excluding carboxylic acids is 1. The molecule has 29 heavy (non-hydrogen) atoms. The van der Waals surface area contributed by atoms with Crippen molar-refractivity contribution in [3.8, 4) is 27.7 Å². The van der Waals surface area contributed by atoms with Crippen LogP contribution in [0.2, 0.25) is 0 Å². The Hall–Kier alpha value is -3.31. The van der Waals surface area contributed by atoms with Crippen molar-refractivity contribution in [1.82, 2.24) is 0 Å². The van der Waals surface area contributed by atoms with Gasteiger partial charge in [-0.1, -0.05) is 12.1 Å². The summed E-state index contributed by atoms with van der Waals surface area (Å²) in [5.41, 5.74) is 2.22. The molecular formula is C24H20O4S. The maximum atomic E-state index is 13.6. The molecule has 146 valence electrons. The van der Waals surface area contributed by atoms with Crippen molar-refractivity contribution in [1.29, 1.82) is 0 Å². The van der Waals surface area contributed by atoms with E-state index in [0.29, 0.717) is 16.9 Å². The molecule has 0 fully saturated rings. The Morgan fingerprint density at radius 1 is 0.759 bits per heavy atom. The number of ether oxygens (including phenoxy) is 3. The van der Waals surface area contributed by atoms with E-state index in [0.717, 1.165) is 32.0 Å². The molecule has 0 atom stereocenters. The van der Waals surface area contributed by atoms with E-state index in [4.69, 9.17) is 14.2 Å². The van der Waals surface area contributed by atoms with Crippen LogP contribution in [0.4, 0.5) is 0 Å². The molecule has 0 aliphatic carbocycles. The van der Waals surface area contributed by atoms with Crippen molar-refractivity contribution >= 4 is 27.2 Å². The fraction of sp³-hybridized carbons (Fsp3) is 0.125. The third-order valence-electron chi connectivity index (χ3n) is 4.81. The Morgan fingerprint density at radius 3 is 2.10 bits per heavy atom.